The molecule has 0 saturated carbocycles. The Bertz CT molecular complexity index is 1150. The molecular formula is C28H38N6O6. The highest BCUT2D eigenvalue weighted by atomic mass is 16.5. The topological polar surface area (TPSA) is 152 Å². The van der Waals surface area contributed by atoms with E-state index in [1.807, 2.05) is 20.8 Å². The molecule has 216 valence electrons. The first-order valence-electron chi connectivity index (χ1n) is 13.3. The molecule has 2 aliphatic rings. The third-order valence-corrected chi connectivity index (χ3v) is 6.21. The van der Waals surface area contributed by atoms with Gasteiger partial charge in [0.1, 0.15) is 17.8 Å². The molecule has 0 unspecified atom stereocenters. The average Bonchev–Trinajstić information content (AvgIpc) is 2.92. The second-order valence-corrected chi connectivity index (χ2v) is 10.1. The van der Waals surface area contributed by atoms with Crippen molar-refractivity contribution in [2.75, 3.05) is 33.4 Å². The number of benzene rings is 1. The van der Waals surface area contributed by atoms with Gasteiger partial charge >= 0.3 is 0 Å². The largest absolute Gasteiger partial charge is 0.484 e. The van der Waals surface area contributed by atoms with Gasteiger partial charge in [0.2, 0.25) is 17.7 Å². The monoisotopic (exact) mass is 554 g/mol. The predicted octanol–water partition coefficient (Wildman–Crippen LogP) is 0.527. The summed E-state index contributed by atoms with van der Waals surface area (Å²) in [7, 11) is 1.50. The highest BCUT2D eigenvalue weighted by molar-refractivity contribution is 5.93. The highest BCUT2D eigenvalue weighted by Crippen LogP contribution is 2.15. The lowest BCUT2D eigenvalue weighted by Gasteiger charge is -2.29. The Balaban J connectivity index is 1.86. The molecule has 4 rings (SSSR count). The number of aromatic nitrogens is 2. The smallest absolute Gasteiger partial charge is 0.258 e. The Hall–Kier alpha value is -4.06. The van der Waals surface area contributed by atoms with Gasteiger partial charge in [-0.25, -0.2) is 0 Å². The van der Waals surface area contributed by atoms with Crippen LogP contribution in [0.2, 0.25) is 0 Å². The molecule has 4 amide bonds. The van der Waals surface area contributed by atoms with Crippen molar-refractivity contribution >= 4 is 23.6 Å². The van der Waals surface area contributed by atoms with Crippen LogP contribution in [0.1, 0.15) is 37.2 Å². The van der Waals surface area contributed by atoms with E-state index in [2.05, 4.69) is 25.9 Å². The normalized spacial score (nSPS) is 18.7. The Morgan fingerprint density at radius 1 is 1.12 bits per heavy atom. The molecule has 2 bridgehead atoms. The van der Waals surface area contributed by atoms with E-state index < -0.39 is 35.7 Å². The summed E-state index contributed by atoms with van der Waals surface area (Å²) >= 11 is 0. The van der Waals surface area contributed by atoms with E-state index >= 15 is 0 Å². The molecule has 12 heteroatoms. The standard InChI is InChI=1S/C28H38N6O6/c1-18(2)11-24-28(38)34(9-10-39-4)16-25(35)32-23(27(37)31-15-21-14-29-19(3)13-30-21)12-20-5-7-22(8-6-20)40-17-26(36)33-24/h5-8,13-14,18,23-24H,9-12,15-17H2,1-4H3,(H,31,37)(H,32,35)(H,33,36)/t23-,24-/m0/s1. The van der Waals surface area contributed by atoms with Crippen molar-refractivity contribution in [3.05, 3.63) is 53.6 Å². The molecule has 2 aliphatic heterocycles. The summed E-state index contributed by atoms with van der Waals surface area (Å²) in [6.45, 7) is 5.58. The van der Waals surface area contributed by atoms with Crippen LogP contribution in [0.25, 0.3) is 0 Å². The number of carbonyl (C=O) groups is 4. The average molecular weight is 555 g/mol. The van der Waals surface area contributed by atoms with Gasteiger partial charge in [-0.05, 0) is 37.0 Å². The van der Waals surface area contributed by atoms with Gasteiger partial charge < -0.3 is 30.3 Å². The summed E-state index contributed by atoms with van der Waals surface area (Å²) < 4.78 is 10.8. The highest BCUT2D eigenvalue weighted by Gasteiger charge is 2.30. The van der Waals surface area contributed by atoms with Gasteiger partial charge in [-0.15, -0.1) is 0 Å². The second-order valence-electron chi connectivity index (χ2n) is 10.1. The zero-order valence-corrected chi connectivity index (χ0v) is 23.4. The number of aryl methyl sites for hydroxylation is 1. The maximum Gasteiger partial charge on any atom is 0.258 e. The van der Waals surface area contributed by atoms with Crippen LogP contribution < -0.4 is 20.7 Å². The van der Waals surface area contributed by atoms with E-state index in [4.69, 9.17) is 9.47 Å². The zero-order valence-electron chi connectivity index (χ0n) is 23.4. The predicted molar refractivity (Wildman–Crippen MR) is 146 cm³/mol. The first-order valence-corrected chi connectivity index (χ1v) is 13.3. The maximum atomic E-state index is 13.5. The molecule has 3 heterocycles. The number of amides is 4. The molecule has 3 N–H and O–H groups in total. The van der Waals surface area contributed by atoms with E-state index in [-0.39, 0.29) is 45.2 Å². The van der Waals surface area contributed by atoms with Gasteiger partial charge in [0.25, 0.3) is 5.91 Å². The van der Waals surface area contributed by atoms with Crippen LogP contribution in [0.3, 0.4) is 0 Å². The third-order valence-electron chi connectivity index (χ3n) is 6.21. The molecule has 0 saturated heterocycles. The van der Waals surface area contributed by atoms with Gasteiger partial charge in [-0.2, -0.15) is 0 Å². The van der Waals surface area contributed by atoms with Crippen molar-refractivity contribution in [3.63, 3.8) is 0 Å². The Morgan fingerprint density at radius 2 is 1.88 bits per heavy atom. The van der Waals surface area contributed by atoms with Crippen LogP contribution in [0.4, 0.5) is 0 Å². The number of rotatable bonds is 8. The quantitative estimate of drug-likeness (QED) is 0.400. The van der Waals surface area contributed by atoms with Crippen molar-refractivity contribution in [2.24, 2.45) is 5.92 Å². The number of fused-ring (bicyclic) bond motifs is 13. The lowest BCUT2D eigenvalue weighted by molar-refractivity contribution is -0.141. The fraction of sp³-hybridized carbons (Fsp3) is 0.500. The summed E-state index contributed by atoms with van der Waals surface area (Å²) in [5.41, 5.74) is 2.11. The second kappa shape index (κ2) is 14.9. The van der Waals surface area contributed by atoms with Crippen LogP contribution in [0.5, 0.6) is 5.75 Å². The summed E-state index contributed by atoms with van der Waals surface area (Å²) in [5.74, 6) is -1.22. The molecule has 40 heavy (non-hydrogen) atoms. The van der Waals surface area contributed by atoms with E-state index in [1.54, 1.807) is 36.7 Å². The Morgan fingerprint density at radius 3 is 2.52 bits per heavy atom. The maximum absolute atomic E-state index is 13.5. The summed E-state index contributed by atoms with van der Waals surface area (Å²) in [5, 5.41) is 8.34. The molecule has 0 radical (unpaired) electrons. The third kappa shape index (κ3) is 9.60. The molecule has 1 aromatic heterocycles. The van der Waals surface area contributed by atoms with E-state index in [0.717, 1.165) is 11.3 Å². The first-order chi connectivity index (χ1) is 19.1. The molecule has 1 aromatic carbocycles. The molecule has 12 nitrogen and oxygen atoms in total. The van der Waals surface area contributed by atoms with Crippen molar-refractivity contribution in [1.29, 1.82) is 0 Å². The molecular weight excluding hydrogens is 516 g/mol. The van der Waals surface area contributed by atoms with Crippen molar-refractivity contribution in [2.45, 2.75) is 52.2 Å². The Labute approximate surface area is 234 Å². The van der Waals surface area contributed by atoms with Gasteiger partial charge in [-0.1, -0.05) is 26.0 Å². The van der Waals surface area contributed by atoms with Gasteiger partial charge in [-0.3, -0.25) is 29.1 Å². The van der Waals surface area contributed by atoms with E-state index in [0.29, 0.717) is 17.9 Å². The number of ether oxygens (including phenoxy) is 2. The molecule has 0 spiro atoms. The van der Waals surface area contributed by atoms with Gasteiger partial charge in [0.15, 0.2) is 6.61 Å². The minimum Gasteiger partial charge on any atom is -0.484 e. The van der Waals surface area contributed by atoms with E-state index in [9.17, 15) is 19.2 Å². The number of carbonyl (C=O) groups excluding carboxylic acids is 4. The number of nitrogens with zero attached hydrogens (tertiary/aromatic N) is 3. The van der Waals surface area contributed by atoms with Crippen LogP contribution in [-0.2, 0) is 36.9 Å². The van der Waals surface area contributed by atoms with Crippen LogP contribution in [-0.4, -0.2) is 84.0 Å². The lowest BCUT2D eigenvalue weighted by atomic mass is 10.0. The molecule has 0 aliphatic carbocycles. The first kappa shape index (κ1) is 30.5. The minimum atomic E-state index is -0.920. The van der Waals surface area contributed by atoms with E-state index in [1.165, 1.54) is 12.0 Å². The van der Waals surface area contributed by atoms with Gasteiger partial charge in [0.05, 0.1) is 37.3 Å². The van der Waals surface area contributed by atoms with Crippen LogP contribution in [0.15, 0.2) is 36.7 Å². The SMILES string of the molecule is COCCN1CC(=O)N[C@H](C(=O)NCc2cnc(C)cn2)Cc2ccc(cc2)OCC(=O)N[C@@H](CC(C)C)C1=O. The lowest BCUT2D eigenvalue weighted by Crippen LogP contribution is -2.55. The summed E-state index contributed by atoms with van der Waals surface area (Å²) in [4.78, 5) is 62.4. The number of nitrogens with one attached hydrogen (secondary N) is 3. The summed E-state index contributed by atoms with van der Waals surface area (Å²) in [6.07, 6.45) is 3.76. The van der Waals surface area contributed by atoms with Crippen molar-refractivity contribution < 1.29 is 28.7 Å². The van der Waals surface area contributed by atoms with Crippen molar-refractivity contribution in [3.8, 4) is 5.75 Å². The zero-order chi connectivity index (χ0) is 29.1. The molecule has 0 fully saturated rings. The summed E-state index contributed by atoms with van der Waals surface area (Å²) in [6, 6.07) is 5.15. The van der Waals surface area contributed by atoms with Crippen molar-refractivity contribution in [1.82, 2.24) is 30.8 Å². The molecule has 2 aromatic rings. The Kier molecular flexibility index (Phi) is 11.4. The van der Waals surface area contributed by atoms with Crippen LogP contribution >= 0.6 is 0 Å². The fourth-order valence-corrected chi connectivity index (χ4v) is 4.16. The van der Waals surface area contributed by atoms with Gasteiger partial charge in [0, 0.05) is 26.3 Å². The number of hydrogen-bond acceptors (Lipinski definition) is 8. The number of methoxy groups -OCH3 is 1. The molecule has 2 atom stereocenters. The minimum absolute atomic E-state index is 0.0951. The fourth-order valence-electron chi connectivity index (χ4n) is 4.16. The number of hydrogen-bond donors (Lipinski definition) is 3. The van der Waals surface area contributed by atoms with Crippen LogP contribution in [0, 0.1) is 12.8 Å².